The zero-order valence-electron chi connectivity index (χ0n) is 15.1. The first-order chi connectivity index (χ1) is 14.3. The molecule has 0 unspecified atom stereocenters. The van der Waals surface area contributed by atoms with E-state index in [9.17, 15) is 15.0 Å². The van der Waals surface area contributed by atoms with Crippen molar-refractivity contribution >= 4 is 29.2 Å². The number of carboxylic acid groups (broad SMARTS) is 1. The highest BCUT2D eigenvalue weighted by Crippen LogP contribution is 2.36. The van der Waals surface area contributed by atoms with Gasteiger partial charge in [0.15, 0.2) is 11.6 Å². The lowest BCUT2D eigenvalue weighted by Gasteiger charge is -2.08. The SMILES string of the molecule is O=C(O)c1ccc(-n2nc(-c3cc(Cl)ccc3O)nc2-c2cc(Cl)ccc2O)cc1. The second-order valence-corrected chi connectivity index (χ2v) is 7.22. The quantitative estimate of drug-likeness (QED) is 0.410. The first-order valence-electron chi connectivity index (χ1n) is 8.62. The topological polar surface area (TPSA) is 108 Å². The van der Waals surface area contributed by atoms with Crippen LogP contribution in [-0.2, 0) is 0 Å². The normalized spacial score (nSPS) is 10.9. The summed E-state index contributed by atoms with van der Waals surface area (Å²) in [5.41, 5.74) is 1.21. The zero-order chi connectivity index (χ0) is 21.4. The van der Waals surface area contributed by atoms with Crippen molar-refractivity contribution in [1.29, 1.82) is 0 Å². The van der Waals surface area contributed by atoms with Crippen LogP contribution in [0.25, 0.3) is 28.5 Å². The second-order valence-electron chi connectivity index (χ2n) is 6.35. The molecule has 9 heteroatoms. The third-order valence-corrected chi connectivity index (χ3v) is 4.84. The fourth-order valence-electron chi connectivity index (χ4n) is 2.90. The smallest absolute Gasteiger partial charge is 0.335 e. The standard InChI is InChI=1S/C21H13Cl2N3O4/c22-12-3-7-17(27)15(9-12)19-24-20(16-10-13(23)4-8-18(16)28)26(25-19)14-5-1-11(2-6-14)21(29)30/h1-10,27-28H,(H,29,30). The molecule has 0 saturated heterocycles. The van der Waals surface area contributed by atoms with Crippen molar-refractivity contribution < 1.29 is 20.1 Å². The van der Waals surface area contributed by atoms with E-state index in [0.717, 1.165) is 0 Å². The highest BCUT2D eigenvalue weighted by atomic mass is 35.5. The summed E-state index contributed by atoms with van der Waals surface area (Å²) in [6.07, 6.45) is 0. The van der Waals surface area contributed by atoms with Crippen LogP contribution in [0.3, 0.4) is 0 Å². The lowest BCUT2D eigenvalue weighted by Crippen LogP contribution is -2.02. The number of carboxylic acids is 1. The molecule has 1 aromatic heterocycles. The van der Waals surface area contributed by atoms with Crippen LogP contribution in [0.15, 0.2) is 60.7 Å². The molecule has 0 spiro atoms. The molecular formula is C21H13Cl2N3O4. The van der Waals surface area contributed by atoms with Crippen LogP contribution in [-0.4, -0.2) is 36.1 Å². The average Bonchev–Trinajstić information content (AvgIpc) is 3.16. The summed E-state index contributed by atoms with van der Waals surface area (Å²) in [6.45, 7) is 0. The number of phenolic OH excluding ortho intramolecular Hbond substituents is 2. The minimum absolute atomic E-state index is 0.0698. The van der Waals surface area contributed by atoms with Gasteiger partial charge in [0.1, 0.15) is 11.5 Å². The lowest BCUT2D eigenvalue weighted by molar-refractivity contribution is 0.0697. The average molecular weight is 442 g/mol. The molecule has 4 aromatic rings. The van der Waals surface area contributed by atoms with Crippen LogP contribution < -0.4 is 0 Å². The van der Waals surface area contributed by atoms with Gasteiger partial charge in [0.2, 0.25) is 0 Å². The molecule has 0 aliphatic carbocycles. The van der Waals surface area contributed by atoms with Crippen LogP contribution in [0.1, 0.15) is 10.4 Å². The van der Waals surface area contributed by atoms with Crippen molar-refractivity contribution in [3.05, 3.63) is 76.3 Å². The summed E-state index contributed by atoms with van der Waals surface area (Å²) >= 11 is 12.2. The van der Waals surface area contributed by atoms with Crippen molar-refractivity contribution in [2.24, 2.45) is 0 Å². The van der Waals surface area contributed by atoms with Crippen LogP contribution in [0.4, 0.5) is 0 Å². The Morgan fingerprint density at radius 3 is 2.00 bits per heavy atom. The molecule has 4 rings (SSSR count). The van der Waals surface area contributed by atoms with Crippen molar-refractivity contribution in [2.45, 2.75) is 0 Å². The molecule has 1 heterocycles. The third-order valence-electron chi connectivity index (χ3n) is 4.36. The summed E-state index contributed by atoms with van der Waals surface area (Å²) in [6, 6.07) is 15.0. The molecule has 0 atom stereocenters. The molecule has 0 saturated carbocycles. The minimum atomic E-state index is -1.06. The van der Waals surface area contributed by atoms with E-state index in [2.05, 4.69) is 10.1 Å². The number of benzene rings is 3. The number of rotatable bonds is 4. The molecular weight excluding hydrogens is 429 g/mol. The van der Waals surface area contributed by atoms with E-state index >= 15 is 0 Å². The van der Waals surface area contributed by atoms with Gasteiger partial charge in [-0.05, 0) is 60.7 Å². The van der Waals surface area contributed by atoms with E-state index in [1.54, 1.807) is 12.1 Å². The molecule has 0 amide bonds. The number of aromatic carboxylic acids is 1. The van der Waals surface area contributed by atoms with Gasteiger partial charge in [0.25, 0.3) is 0 Å². The summed E-state index contributed by atoms with van der Waals surface area (Å²) < 4.78 is 1.42. The van der Waals surface area contributed by atoms with E-state index in [0.29, 0.717) is 26.9 Å². The molecule has 30 heavy (non-hydrogen) atoms. The maximum Gasteiger partial charge on any atom is 0.335 e. The van der Waals surface area contributed by atoms with Gasteiger partial charge in [0, 0.05) is 10.0 Å². The Morgan fingerprint density at radius 2 is 1.40 bits per heavy atom. The first-order valence-corrected chi connectivity index (χ1v) is 9.37. The summed E-state index contributed by atoms with van der Waals surface area (Å²) in [4.78, 5) is 15.6. The van der Waals surface area contributed by atoms with Gasteiger partial charge < -0.3 is 15.3 Å². The molecule has 7 nitrogen and oxygen atoms in total. The van der Waals surface area contributed by atoms with Gasteiger partial charge in [0.05, 0.1) is 22.4 Å². The highest BCUT2D eigenvalue weighted by molar-refractivity contribution is 6.31. The Labute approximate surface area is 180 Å². The summed E-state index contributed by atoms with van der Waals surface area (Å²) in [5.74, 6) is -0.798. The molecule has 0 radical (unpaired) electrons. The molecule has 0 aliphatic rings. The van der Waals surface area contributed by atoms with E-state index in [1.807, 2.05) is 0 Å². The van der Waals surface area contributed by atoms with Gasteiger partial charge in [-0.15, -0.1) is 5.10 Å². The van der Waals surface area contributed by atoms with E-state index < -0.39 is 5.97 Å². The number of phenols is 2. The van der Waals surface area contributed by atoms with E-state index in [4.69, 9.17) is 28.3 Å². The number of aromatic nitrogens is 3. The molecule has 0 fully saturated rings. The van der Waals surface area contributed by atoms with Gasteiger partial charge in [-0.25, -0.2) is 14.5 Å². The Hall–Kier alpha value is -3.55. The van der Waals surface area contributed by atoms with Crippen LogP contribution in [0, 0.1) is 0 Å². The van der Waals surface area contributed by atoms with Gasteiger partial charge in [-0.1, -0.05) is 23.2 Å². The molecule has 3 aromatic carbocycles. The predicted octanol–water partition coefficient (Wildman–Crippen LogP) is 5.02. The minimum Gasteiger partial charge on any atom is -0.507 e. The number of nitrogens with zero attached hydrogens (tertiary/aromatic N) is 3. The fourth-order valence-corrected chi connectivity index (χ4v) is 3.24. The largest absolute Gasteiger partial charge is 0.507 e. The number of carbonyl (C=O) groups is 1. The van der Waals surface area contributed by atoms with Crippen molar-refractivity contribution in [3.63, 3.8) is 0 Å². The number of hydrogen-bond acceptors (Lipinski definition) is 5. The maximum atomic E-state index is 11.2. The highest BCUT2D eigenvalue weighted by Gasteiger charge is 2.20. The Kier molecular flexibility index (Phi) is 5.07. The van der Waals surface area contributed by atoms with Crippen molar-refractivity contribution in [3.8, 4) is 40.0 Å². The van der Waals surface area contributed by atoms with E-state index in [-0.39, 0.29) is 28.7 Å². The Balaban J connectivity index is 1.95. The van der Waals surface area contributed by atoms with Crippen LogP contribution in [0.2, 0.25) is 10.0 Å². The molecule has 3 N–H and O–H groups in total. The van der Waals surface area contributed by atoms with Crippen molar-refractivity contribution in [2.75, 3.05) is 0 Å². The van der Waals surface area contributed by atoms with Crippen LogP contribution in [0.5, 0.6) is 11.5 Å². The van der Waals surface area contributed by atoms with Gasteiger partial charge in [-0.2, -0.15) is 0 Å². The predicted molar refractivity (Wildman–Crippen MR) is 113 cm³/mol. The zero-order valence-corrected chi connectivity index (χ0v) is 16.6. The van der Waals surface area contributed by atoms with Gasteiger partial charge in [-0.3, -0.25) is 0 Å². The maximum absolute atomic E-state index is 11.2. The van der Waals surface area contributed by atoms with Crippen LogP contribution >= 0.6 is 23.2 Å². The number of aromatic hydroxyl groups is 2. The second kappa shape index (κ2) is 7.70. The summed E-state index contributed by atoms with van der Waals surface area (Å²) in [5, 5.41) is 35.0. The third kappa shape index (κ3) is 3.68. The molecule has 0 bridgehead atoms. The monoisotopic (exact) mass is 441 g/mol. The first kappa shape index (κ1) is 19.8. The fraction of sp³-hybridized carbons (Fsp3) is 0. The summed E-state index contributed by atoms with van der Waals surface area (Å²) in [7, 11) is 0. The van der Waals surface area contributed by atoms with Crippen molar-refractivity contribution in [1.82, 2.24) is 14.8 Å². The number of hydrogen-bond donors (Lipinski definition) is 3. The lowest BCUT2D eigenvalue weighted by atomic mass is 10.1. The molecule has 0 aliphatic heterocycles. The van der Waals surface area contributed by atoms with Gasteiger partial charge >= 0.3 is 5.97 Å². The number of halogens is 2. The molecule has 150 valence electrons. The van der Waals surface area contributed by atoms with E-state index in [1.165, 1.54) is 53.2 Å². The Bertz CT molecular complexity index is 1270. The Morgan fingerprint density at radius 1 is 0.833 bits per heavy atom.